The first-order valence-electron chi connectivity index (χ1n) is 10.2. The van der Waals surface area contributed by atoms with Gasteiger partial charge in [-0.25, -0.2) is 4.98 Å². The minimum atomic E-state index is -0.191. The van der Waals surface area contributed by atoms with Crippen LogP contribution in [-0.2, 0) is 0 Å². The van der Waals surface area contributed by atoms with Crippen LogP contribution < -0.4 is 4.74 Å². The molecular weight excluding hydrogens is 400 g/mol. The number of nitrogens with zero attached hydrogens (tertiary/aromatic N) is 1. The Bertz CT molecular complexity index is 1350. The van der Waals surface area contributed by atoms with Gasteiger partial charge in [-0.2, -0.15) is 0 Å². The normalized spacial score (nSPS) is 10.8. The summed E-state index contributed by atoms with van der Waals surface area (Å²) in [6.45, 7) is 0. The Morgan fingerprint density at radius 2 is 1.22 bits per heavy atom. The summed E-state index contributed by atoms with van der Waals surface area (Å²) < 4.78 is 5.91. The van der Waals surface area contributed by atoms with Gasteiger partial charge < -0.3 is 19.9 Å². The Morgan fingerprint density at radius 1 is 0.594 bits per heavy atom. The lowest BCUT2D eigenvalue weighted by molar-refractivity contribution is 0.404. The second kappa shape index (κ2) is 8.32. The number of benzene rings is 4. The number of imidazole rings is 1. The van der Waals surface area contributed by atoms with Crippen molar-refractivity contribution < 1.29 is 14.9 Å². The number of rotatable bonds is 5. The van der Waals surface area contributed by atoms with E-state index in [2.05, 4.69) is 4.98 Å². The van der Waals surface area contributed by atoms with Crippen LogP contribution in [-0.4, -0.2) is 20.2 Å². The maximum atomic E-state index is 9.92. The van der Waals surface area contributed by atoms with Crippen molar-refractivity contribution in [1.82, 2.24) is 9.97 Å². The molecule has 3 N–H and O–H groups in total. The molecule has 156 valence electrons. The van der Waals surface area contributed by atoms with E-state index < -0.39 is 0 Å². The van der Waals surface area contributed by atoms with E-state index in [-0.39, 0.29) is 11.5 Å². The highest BCUT2D eigenvalue weighted by Crippen LogP contribution is 2.36. The fourth-order valence-corrected chi connectivity index (χ4v) is 3.51. The quantitative estimate of drug-likeness (QED) is 0.279. The third-order valence-electron chi connectivity index (χ3n) is 5.12. The molecule has 5 rings (SSSR count). The molecule has 32 heavy (non-hydrogen) atoms. The van der Waals surface area contributed by atoms with E-state index in [4.69, 9.17) is 9.72 Å². The van der Waals surface area contributed by atoms with Crippen molar-refractivity contribution in [3.8, 4) is 56.9 Å². The standard InChI is InChI=1S/C27H20N2O3/c30-23-16-13-20(17-24(23)31)27-28-25(18-7-3-1-4-8-18)26(29-27)19-11-14-22(15-12-19)32-21-9-5-2-6-10-21/h1-17,30-31H,(H,28,29). The lowest BCUT2D eigenvalue weighted by Gasteiger charge is -2.07. The predicted molar refractivity (Wildman–Crippen MR) is 125 cm³/mol. The summed E-state index contributed by atoms with van der Waals surface area (Å²) in [5.74, 6) is 1.76. The number of aromatic hydroxyl groups is 2. The fraction of sp³-hybridized carbons (Fsp3) is 0. The Morgan fingerprint density at radius 3 is 1.91 bits per heavy atom. The van der Waals surface area contributed by atoms with Crippen molar-refractivity contribution in [2.45, 2.75) is 0 Å². The molecule has 1 heterocycles. The highest BCUT2D eigenvalue weighted by molar-refractivity contribution is 5.81. The van der Waals surface area contributed by atoms with Crippen LogP contribution in [0.5, 0.6) is 23.0 Å². The van der Waals surface area contributed by atoms with Gasteiger partial charge in [-0.15, -0.1) is 0 Å². The van der Waals surface area contributed by atoms with Crippen molar-refractivity contribution in [1.29, 1.82) is 0 Å². The molecule has 0 spiro atoms. The summed E-state index contributed by atoms with van der Waals surface area (Å²) >= 11 is 0. The summed E-state index contributed by atoms with van der Waals surface area (Å²) in [5.41, 5.74) is 4.24. The number of H-pyrrole nitrogens is 1. The largest absolute Gasteiger partial charge is 0.504 e. The average molecular weight is 420 g/mol. The first-order valence-corrected chi connectivity index (χ1v) is 10.2. The van der Waals surface area contributed by atoms with Gasteiger partial charge in [0.25, 0.3) is 0 Å². The molecule has 1 aromatic heterocycles. The number of phenols is 2. The highest BCUT2D eigenvalue weighted by atomic mass is 16.5. The van der Waals surface area contributed by atoms with Crippen LogP contribution in [0.15, 0.2) is 103 Å². The van der Waals surface area contributed by atoms with E-state index in [1.54, 1.807) is 6.07 Å². The van der Waals surface area contributed by atoms with E-state index >= 15 is 0 Å². The SMILES string of the molecule is Oc1ccc(-c2nc(-c3ccccc3)c(-c3ccc(Oc4ccccc4)cc3)[nH]2)cc1O. The number of ether oxygens (including phenoxy) is 1. The van der Waals surface area contributed by atoms with Gasteiger partial charge in [-0.3, -0.25) is 0 Å². The van der Waals surface area contributed by atoms with Gasteiger partial charge in [0.15, 0.2) is 11.5 Å². The molecule has 0 radical (unpaired) electrons. The number of phenolic OH excluding ortho intramolecular Hbond substituents is 2. The fourth-order valence-electron chi connectivity index (χ4n) is 3.51. The van der Waals surface area contributed by atoms with E-state index in [1.807, 2.05) is 84.9 Å². The molecule has 5 aromatic rings. The van der Waals surface area contributed by atoms with Gasteiger partial charge in [0.1, 0.15) is 17.3 Å². The number of hydrogen-bond acceptors (Lipinski definition) is 4. The first-order chi connectivity index (χ1) is 15.7. The van der Waals surface area contributed by atoms with Gasteiger partial charge in [-0.1, -0.05) is 48.5 Å². The number of nitrogens with one attached hydrogen (secondary N) is 1. The topological polar surface area (TPSA) is 78.4 Å². The van der Waals surface area contributed by atoms with Gasteiger partial charge in [0.2, 0.25) is 0 Å². The molecular formula is C27H20N2O3. The average Bonchev–Trinajstić information content (AvgIpc) is 3.28. The molecule has 0 saturated carbocycles. The van der Waals surface area contributed by atoms with E-state index in [0.717, 1.165) is 34.0 Å². The highest BCUT2D eigenvalue weighted by Gasteiger charge is 2.16. The van der Waals surface area contributed by atoms with E-state index in [0.29, 0.717) is 11.4 Å². The summed E-state index contributed by atoms with van der Waals surface area (Å²) in [7, 11) is 0. The maximum absolute atomic E-state index is 9.92. The number of hydrogen-bond donors (Lipinski definition) is 3. The zero-order chi connectivity index (χ0) is 21.9. The van der Waals surface area contributed by atoms with Crippen LogP contribution in [0.1, 0.15) is 0 Å². The minimum Gasteiger partial charge on any atom is -0.504 e. The van der Waals surface area contributed by atoms with Crippen LogP contribution in [0.2, 0.25) is 0 Å². The lowest BCUT2D eigenvalue weighted by atomic mass is 10.1. The van der Waals surface area contributed by atoms with Crippen molar-refractivity contribution >= 4 is 0 Å². The third-order valence-corrected chi connectivity index (χ3v) is 5.12. The molecule has 0 unspecified atom stereocenters. The Balaban J connectivity index is 1.55. The van der Waals surface area contributed by atoms with Gasteiger partial charge in [0, 0.05) is 16.7 Å². The second-order valence-electron chi connectivity index (χ2n) is 7.32. The molecule has 0 aliphatic carbocycles. The molecule has 0 bridgehead atoms. The zero-order valence-corrected chi connectivity index (χ0v) is 17.1. The molecule has 0 aliphatic heterocycles. The van der Waals surface area contributed by atoms with Gasteiger partial charge >= 0.3 is 0 Å². The molecule has 0 saturated heterocycles. The summed E-state index contributed by atoms with van der Waals surface area (Å²) in [6.07, 6.45) is 0. The van der Waals surface area contributed by atoms with Crippen LogP contribution in [0.4, 0.5) is 0 Å². The van der Waals surface area contributed by atoms with Crippen LogP contribution in [0.25, 0.3) is 33.9 Å². The van der Waals surface area contributed by atoms with Crippen molar-refractivity contribution in [3.63, 3.8) is 0 Å². The summed E-state index contributed by atoms with van der Waals surface area (Å²) in [4.78, 5) is 8.19. The zero-order valence-electron chi connectivity index (χ0n) is 17.1. The summed E-state index contributed by atoms with van der Waals surface area (Å²) in [6, 6.07) is 32.0. The Kier molecular flexibility index (Phi) is 5.06. The Hall–Kier alpha value is -4.51. The van der Waals surface area contributed by atoms with Crippen molar-refractivity contribution in [2.24, 2.45) is 0 Å². The molecule has 4 aromatic carbocycles. The lowest BCUT2D eigenvalue weighted by Crippen LogP contribution is -1.86. The summed E-state index contributed by atoms with van der Waals surface area (Å²) in [5, 5.41) is 19.6. The predicted octanol–water partition coefficient (Wildman–Crippen LogP) is 6.61. The van der Waals surface area contributed by atoms with Gasteiger partial charge in [-0.05, 0) is 54.6 Å². The number of aromatic nitrogens is 2. The molecule has 0 fully saturated rings. The molecule has 0 aliphatic rings. The van der Waals surface area contributed by atoms with Crippen molar-refractivity contribution in [3.05, 3.63) is 103 Å². The second-order valence-corrected chi connectivity index (χ2v) is 7.32. The molecule has 5 heteroatoms. The van der Waals surface area contributed by atoms with Crippen LogP contribution in [0, 0.1) is 0 Å². The van der Waals surface area contributed by atoms with Gasteiger partial charge in [0.05, 0.1) is 11.4 Å². The smallest absolute Gasteiger partial charge is 0.158 e. The first kappa shape index (κ1) is 19.5. The monoisotopic (exact) mass is 420 g/mol. The number of aromatic amines is 1. The molecule has 0 atom stereocenters. The van der Waals surface area contributed by atoms with E-state index in [1.165, 1.54) is 12.1 Å². The third kappa shape index (κ3) is 3.91. The van der Waals surface area contributed by atoms with Crippen LogP contribution in [0.3, 0.4) is 0 Å². The molecule has 0 amide bonds. The molecule has 5 nitrogen and oxygen atoms in total. The minimum absolute atomic E-state index is 0.169. The van der Waals surface area contributed by atoms with Crippen molar-refractivity contribution in [2.75, 3.05) is 0 Å². The maximum Gasteiger partial charge on any atom is 0.158 e. The van der Waals surface area contributed by atoms with E-state index in [9.17, 15) is 10.2 Å². The number of para-hydroxylation sites is 1. The van der Waals surface area contributed by atoms with Crippen LogP contribution >= 0.6 is 0 Å². The Labute approximate surface area is 185 Å².